The van der Waals surface area contributed by atoms with E-state index in [2.05, 4.69) is 21.7 Å². The van der Waals surface area contributed by atoms with Crippen molar-refractivity contribution in [2.75, 3.05) is 17.4 Å². The Labute approximate surface area is 155 Å². The van der Waals surface area contributed by atoms with Gasteiger partial charge in [-0.15, -0.1) is 0 Å². The zero-order valence-corrected chi connectivity index (χ0v) is 14.1. The van der Waals surface area contributed by atoms with Crippen molar-refractivity contribution in [1.29, 1.82) is 5.26 Å². The lowest BCUT2D eigenvalue weighted by atomic mass is 10.1. The van der Waals surface area contributed by atoms with Crippen LogP contribution in [0.25, 0.3) is 0 Å². The normalized spacial score (nSPS) is 11.5. The fraction of sp³-hybridized carbons (Fsp3) is 0.0500. The van der Waals surface area contributed by atoms with Crippen molar-refractivity contribution in [3.63, 3.8) is 0 Å². The van der Waals surface area contributed by atoms with Crippen LogP contribution in [0.1, 0.15) is 15.9 Å². The molecule has 4 rings (SSSR count). The van der Waals surface area contributed by atoms with E-state index in [1.54, 1.807) is 54.7 Å². The minimum atomic E-state index is -0.325. The van der Waals surface area contributed by atoms with E-state index < -0.39 is 0 Å². The SMILES string of the molecule is N#Cc1ccccc1NC(=O)c1ccnc(Nc2ccc3c(c2)OCO3)c1. The fourth-order valence-corrected chi connectivity index (χ4v) is 2.65. The number of carbonyl (C=O) groups excluding carboxylic acids is 1. The topological polar surface area (TPSA) is 96.3 Å². The maximum atomic E-state index is 12.5. The van der Waals surface area contributed by atoms with E-state index in [1.165, 1.54) is 0 Å². The van der Waals surface area contributed by atoms with Crippen molar-refractivity contribution in [1.82, 2.24) is 4.98 Å². The Morgan fingerprint density at radius 1 is 1.07 bits per heavy atom. The lowest BCUT2D eigenvalue weighted by Gasteiger charge is -2.09. The van der Waals surface area contributed by atoms with Gasteiger partial charge in [0.15, 0.2) is 11.5 Å². The summed E-state index contributed by atoms with van der Waals surface area (Å²) in [6.45, 7) is 0.205. The van der Waals surface area contributed by atoms with Gasteiger partial charge in [0.25, 0.3) is 5.91 Å². The molecule has 0 bridgehead atoms. The first-order valence-corrected chi connectivity index (χ1v) is 8.16. The maximum absolute atomic E-state index is 12.5. The number of anilines is 3. The zero-order valence-electron chi connectivity index (χ0n) is 14.1. The largest absolute Gasteiger partial charge is 0.454 e. The number of hydrogen-bond acceptors (Lipinski definition) is 6. The van der Waals surface area contributed by atoms with Gasteiger partial charge in [-0.25, -0.2) is 4.98 Å². The Morgan fingerprint density at radius 2 is 1.93 bits per heavy atom. The molecular formula is C20H14N4O3. The van der Waals surface area contributed by atoms with Crippen molar-refractivity contribution in [2.45, 2.75) is 0 Å². The van der Waals surface area contributed by atoms with Gasteiger partial charge < -0.3 is 20.1 Å². The third-order valence-corrected chi connectivity index (χ3v) is 3.96. The van der Waals surface area contributed by atoms with Crippen molar-refractivity contribution in [2.24, 2.45) is 0 Å². The van der Waals surface area contributed by atoms with E-state index in [1.807, 2.05) is 6.07 Å². The number of ether oxygens (including phenoxy) is 2. The summed E-state index contributed by atoms with van der Waals surface area (Å²) in [6, 6.07) is 17.6. The molecule has 0 saturated carbocycles. The summed E-state index contributed by atoms with van der Waals surface area (Å²) < 4.78 is 10.6. The second-order valence-electron chi connectivity index (χ2n) is 5.73. The number of nitrogens with zero attached hydrogens (tertiary/aromatic N) is 2. The average molecular weight is 358 g/mol. The van der Waals surface area contributed by atoms with Crippen LogP contribution >= 0.6 is 0 Å². The van der Waals surface area contributed by atoms with Crippen LogP contribution in [0.3, 0.4) is 0 Å². The minimum absolute atomic E-state index is 0.205. The number of amides is 1. The van der Waals surface area contributed by atoms with E-state index in [4.69, 9.17) is 14.7 Å². The number of rotatable bonds is 4. The molecule has 0 radical (unpaired) electrons. The molecule has 0 aliphatic carbocycles. The highest BCUT2D eigenvalue weighted by atomic mass is 16.7. The molecule has 1 aliphatic rings. The highest BCUT2D eigenvalue weighted by Gasteiger charge is 2.14. The van der Waals surface area contributed by atoms with Gasteiger partial charge in [-0.05, 0) is 36.4 Å². The van der Waals surface area contributed by atoms with Gasteiger partial charge >= 0.3 is 0 Å². The number of hydrogen-bond donors (Lipinski definition) is 2. The van der Waals surface area contributed by atoms with Crippen LogP contribution in [-0.2, 0) is 0 Å². The van der Waals surface area contributed by atoms with Gasteiger partial charge in [-0.2, -0.15) is 5.26 Å². The van der Waals surface area contributed by atoms with Crippen molar-refractivity contribution < 1.29 is 14.3 Å². The molecule has 1 aliphatic heterocycles. The molecule has 0 unspecified atom stereocenters. The lowest BCUT2D eigenvalue weighted by Crippen LogP contribution is -2.13. The molecule has 1 aromatic heterocycles. The van der Waals surface area contributed by atoms with Crippen LogP contribution in [0.15, 0.2) is 60.8 Å². The molecule has 0 atom stereocenters. The number of aromatic nitrogens is 1. The van der Waals surface area contributed by atoms with E-state index in [0.717, 1.165) is 5.69 Å². The van der Waals surface area contributed by atoms with E-state index in [0.29, 0.717) is 34.1 Å². The quantitative estimate of drug-likeness (QED) is 0.738. The summed E-state index contributed by atoms with van der Waals surface area (Å²) >= 11 is 0. The minimum Gasteiger partial charge on any atom is -0.454 e. The number of benzene rings is 2. The van der Waals surface area contributed by atoms with Gasteiger partial charge in [0.05, 0.1) is 11.3 Å². The summed E-state index contributed by atoms with van der Waals surface area (Å²) in [5, 5.41) is 15.0. The molecule has 7 nitrogen and oxygen atoms in total. The number of carbonyl (C=O) groups is 1. The zero-order chi connectivity index (χ0) is 18.6. The van der Waals surface area contributed by atoms with Gasteiger partial charge in [0, 0.05) is 23.5 Å². The Balaban J connectivity index is 1.52. The van der Waals surface area contributed by atoms with Crippen molar-refractivity contribution >= 4 is 23.1 Å². The van der Waals surface area contributed by atoms with Gasteiger partial charge in [-0.1, -0.05) is 12.1 Å². The molecule has 2 N–H and O–H groups in total. The second kappa shape index (κ2) is 7.06. The molecule has 7 heteroatoms. The standard InChI is InChI=1S/C20H14N4O3/c21-11-14-3-1-2-4-16(14)24-20(25)13-7-8-22-19(9-13)23-15-5-6-17-18(10-15)27-12-26-17/h1-10H,12H2,(H,22,23)(H,24,25). The summed E-state index contributed by atoms with van der Waals surface area (Å²) in [7, 11) is 0. The number of para-hydroxylation sites is 1. The highest BCUT2D eigenvalue weighted by molar-refractivity contribution is 6.05. The number of pyridine rings is 1. The molecule has 2 aromatic carbocycles. The highest BCUT2D eigenvalue weighted by Crippen LogP contribution is 2.34. The first-order chi connectivity index (χ1) is 13.2. The third kappa shape index (κ3) is 3.50. The summed E-state index contributed by atoms with van der Waals surface area (Å²) in [4.78, 5) is 16.8. The Hall–Kier alpha value is -4.05. The molecule has 1 amide bonds. The van der Waals surface area contributed by atoms with Gasteiger partial charge in [-0.3, -0.25) is 4.79 Å². The van der Waals surface area contributed by atoms with Crippen LogP contribution in [0.4, 0.5) is 17.2 Å². The van der Waals surface area contributed by atoms with E-state index >= 15 is 0 Å². The predicted octanol–water partition coefficient (Wildman–Crippen LogP) is 3.68. The molecule has 0 saturated heterocycles. The molecule has 0 spiro atoms. The Bertz CT molecular complexity index is 1060. The lowest BCUT2D eigenvalue weighted by molar-refractivity contribution is 0.102. The van der Waals surface area contributed by atoms with Gasteiger partial charge in [0.1, 0.15) is 11.9 Å². The third-order valence-electron chi connectivity index (χ3n) is 3.96. The molecule has 3 aromatic rings. The molecule has 27 heavy (non-hydrogen) atoms. The first-order valence-electron chi connectivity index (χ1n) is 8.16. The van der Waals surface area contributed by atoms with E-state index in [-0.39, 0.29) is 12.7 Å². The van der Waals surface area contributed by atoms with Crippen LogP contribution in [0.2, 0.25) is 0 Å². The molecule has 2 heterocycles. The van der Waals surface area contributed by atoms with Crippen LogP contribution < -0.4 is 20.1 Å². The van der Waals surface area contributed by atoms with Crippen LogP contribution in [-0.4, -0.2) is 17.7 Å². The average Bonchev–Trinajstić information content (AvgIpc) is 3.16. The first kappa shape index (κ1) is 16.4. The van der Waals surface area contributed by atoms with Crippen LogP contribution in [0.5, 0.6) is 11.5 Å². The summed E-state index contributed by atoms with van der Waals surface area (Å²) in [6.07, 6.45) is 1.54. The van der Waals surface area contributed by atoms with Gasteiger partial charge in [0.2, 0.25) is 6.79 Å². The number of nitriles is 1. The summed E-state index contributed by atoms with van der Waals surface area (Å²) in [5.41, 5.74) is 2.05. The van der Waals surface area contributed by atoms with Crippen molar-refractivity contribution in [3.8, 4) is 17.6 Å². The molecular weight excluding hydrogens is 344 g/mol. The van der Waals surface area contributed by atoms with Crippen molar-refractivity contribution in [3.05, 3.63) is 71.9 Å². The van der Waals surface area contributed by atoms with Crippen LogP contribution in [0, 0.1) is 11.3 Å². The Kier molecular flexibility index (Phi) is 4.29. The molecule has 0 fully saturated rings. The fourth-order valence-electron chi connectivity index (χ4n) is 2.65. The smallest absolute Gasteiger partial charge is 0.255 e. The Morgan fingerprint density at radius 3 is 2.81 bits per heavy atom. The number of nitrogens with one attached hydrogen (secondary N) is 2. The molecule has 132 valence electrons. The maximum Gasteiger partial charge on any atom is 0.255 e. The monoisotopic (exact) mass is 358 g/mol. The van der Waals surface area contributed by atoms with E-state index in [9.17, 15) is 4.79 Å². The predicted molar refractivity (Wildman–Crippen MR) is 99.2 cm³/mol. The second-order valence-corrected chi connectivity index (χ2v) is 5.73. The summed E-state index contributed by atoms with van der Waals surface area (Å²) in [5.74, 6) is 1.53. The number of fused-ring (bicyclic) bond motifs is 1.